The first-order chi connectivity index (χ1) is 14.5. The van der Waals surface area contributed by atoms with Gasteiger partial charge in [0.1, 0.15) is 11.3 Å². The second kappa shape index (κ2) is 7.32. The molecule has 1 fully saturated rings. The highest BCUT2D eigenvalue weighted by molar-refractivity contribution is 6.34. The SMILES string of the molecule is Cc1cccc2nc(C(=O)N3CCN(c4cc(Cl)c5c(c4)CCC(=O)N5)CC3)cn12. The number of carbonyl (C=O) groups is 2. The van der Waals surface area contributed by atoms with Crippen LogP contribution in [0.2, 0.25) is 5.02 Å². The molecule has 2 aliphatic heterocycles. The van der Waals surface area contributed by atoms with Crippen LogP contribution >= 0.6 is 11.6 Å². The lowest BCUT2D eigenvalue weighted by Crippen LogP contribution is -2.49. The molecular formula is C22H22ClN5O2. The number of piperazine rings is 1. The molecule has 3 aromatic rings. The fourth-order valence-electron chi connectivity index (χ4n) is 4.20. The largest absolute Gasteiger partial charge is 0.368 e. The number of aryl methyl sites for hydroxylation is 2. The van der Waals surface area contributed by atoms with E-state index in [1.54, 1.807) is 0 Å². The molecule has 0 bridgehead atoms. The molecule has 2 amide bonds. The summed E-state index contributed by atoms with van der Waals surface area (Å²) >= 11 is 6.43. The van der Waals surface area contributed by atoms with Crippen molar-refractivity contribution in [3.8, 4) is 0 Å². The summed E-state index contributed by atoms with van der Waals surface area (Å²) in [5.74, 6) is -0.0321. The van der Waals surface area contributed by atoms with Crippen molar-refractivity contribution in [3.63, 3.8) is 0 Å². The third-order valence-electron chi connectivity index (χ3n) is 5.89. The number of aromatic nitrogens is 2. The van der Waals surface area contributed by atoms with E-state index in [9.17, 15) is 9.59 Å². The molecule has 0 unspecified atom stereocenters. The lowest BCUT2D eigenvalue weighted by molar-refractivity contribution is -0.116. The summed E-state index contributed by atoms with van der Waals surface area (Å²) in [7, 11) is 0. The monoisotopic (exact) mass is 423 g/mol. The van der Waals surface area contributed by atoms with E-state index in [1.807, 2.05) is 46.7 Å². The number of halogens is 1. The number of nitrogens with one attached hydrogen (secondary N) is 1. The maximum Gasteiger partial charge on any atom is 0.274 e. The van der Waals surface area contributed by atoms with E-state index >= 15 is 0 Å². The second-order valence-corrected chi connectivity index (χ2v) is 8.22. The normalized spacial score (nSPS) is 16.5. The first kappa shape index (κ1) is 18.9. The minimum atomic E-state index is -0.0380. The molecule has 0 radical (unpaired) electrons. The number of fused-ring (bicyclic) bond motifs is 2. The number of imidazole rings is 1. The van der Waals surface area contributed by atoms with Crippen molar-refractivity contribution in [2.24, 2.45) is 0 Å². The van der Waals surface area contributed by atoms with Crippen molar-refractivity contribution in [1.29, 1.82) is 0 Å². The van der Waals surface area contributed by atoms with Crippen LogP contribution in [0.1, 0.15) is 28.2 Å². The number of nitrogens with zero attached hydrogens (tertiary/aromatic N) is 4. The molecule has 8 heteroatoms. The van der Waals surface area contributed by atoms with Crippen LogP contribution in [0.25, 0.3) is 5.65 Å². The molecule has 0 atom stereocenters. The number of hydrogen-bond acceptors (Lipinski definition) is 4. The summed E-state index contributed by atoms with van der Waals surface area (Å²) in [5.41, 5.74) is 5.14. The van der Waals surface area contributed by atoms with Gasteiger partial charge in [0, 0.05) is 50.2 Å². The third kappa shape index (κ3) is 3.29. The Balaban J connectivity index is 1.30. The molecule has 2 aliphatic rings. The first-order valence-corrected chi connectivity index (χ1v) is 10.5. The zero-order valence-corrected chi connectivity index (χ0v) is 17.4. The van der Waals surface area contributed by atoms with Gasteiger partial charge >= 0.3 is 0 Å². The Morgan fingerprint density at radius 1 is 1.13 bits per heavy atom. The van der Waals surface area contributed by atoms with E-state index in [0.29, 0.717) is 36.6 Å². The van der Waals surface area contributed by atoms with E-state index < -0.39 is 0 Å². The Labute approximate surface area is 179 Å². The highest BCUT2D eigenvalue weighted by Gasteiger charge is 2.26. The van der Waals surface area contributed by atoms with Gasteiger partial charge in [0.15, 0.2) is 0 Å². The molecule has 4 heterocycles. The van der Waals surface area contributed by atoms with Crippen LogP contribution in [0.4, 0.5) is 11.4 Å². The van der Waals surface area contributed by atoms with E-state index in [-0.39, 0.29) is 11.8 Å². The number of rotatable bonds is 2. The van der Waals surface area contributed by atoms with Crippen molar-refractivity contribution < 1.29 is 9.59 Å². The Hall–Kier alpha value is -3.06. The maximum atomic E-state index is 13.0. The molecule has 5 rings (SSSR count). The summed E-state index contributed by atoms with van der Waals surface area (Å²) in [6.45, 7) is 4.68. The van der Waals surface area contributed by atoms with Gasteiger partial charge in [-0.3, -0.25) is 9.59 Å². The van der Waals surface area contributed by atoms with E-state index in [1.165, 1.54) is 0 Å². The molecule has 1 N–H and O–H groups in total. The minimum Gasteiger partial charge on any atom is -0.368 e. The average Bonchev–Trinajstić information content (AvgIpc) is 3.19. The van der Waals surface area contributed by atoms with Crippen LogP contribution < -0.4 is 10.2 Å². The molecule has 0 aliphatic carbocycles. The van der Waals surface area contributed by atoms with Crippen LogP contribution in [0, 0.1) is 6.92 Å². The molecule has 1 saturated heterocycles. The van der Waals surface area contributed by atoms with Gasteiger partial charge in [-0.25, -0.2) is 4.98 Å². The molecule has 7 nitrogen and oxygen atoms in total. The third-order valence-corrected chi connectivity index (χ3v) is 6.19. The van der Waals surface area contributed by atoms with Gasteiger partial charge < -0.3 is 19.5 Å². The average molecular weight is 424 g/mol. The molecule has 0 spiro atoms. The van der Waals surface area contributed by atoms with Gasteiger partial charge in [-0.2, -0.15) is 0 Å². The molecular weight excluding hydrogens is 402 g/mol. The van der Waals surface area contributed by atoms with Crippen LogP contribution in [-0.2, 0) is 11.2 Å². The standard InChI is InChI=1S/C22H22ClN5O2/c1-14-3-2-4-19-24-18(13-28(14)19)22(30)27-9-7-26(8-10-27)16-11-15-5-6-20(29)25-21(15)17(23)12-16/h2-4,11-13H,5-10H2,1H3,(H,25,29). The number of amides is 2. The Bertz CT molecular complexity index is 1160. The quantitative estimate of drug-likeness (QED) is 0.687. The van der Waals surface area contributed by atoms with Crippen molar-refractivity contribution in [1.82, 2.24) is 14.3 Å². The summed E-state index contributed by atoms with van der Waals surface area (Å²) in [6, 6.07) is 9.85. The van der Waals surface area contributed by atoms with Gasteiger partial charge in [-0.05, 0) is 43.2 Å². The first-order valence-electron chi connectivity index (χ1n) is 10.1. The Kier molecular flexibility index (Phi) is 4.62. The number of pyridine rings is 1. The van der Waals surface area contributed by atoms with Crippen LogP contribution in [0.15, 0.2) is 36.5 Å². The minimum absolute atomic E-state index is 0.00594. The molecule has 30 heavy (non-hydrogen) atoms. The molecule has 2 aromatic heterocycles. The summed E-state index contributed by atoms with van der Waals surface area (Å²) in [4.78, 5) is 33.2. The van der Waals surface area contributed by atoms with Crippen molar-refractivity contribution in [2.75, 3.05) is 36.4 Å². The zero-order valence-electron chi connectivity index (χ0n) is 16.7. The fourth-order valence-corrected chi connectivity index (χ4v) is 4.48. The lowest BCUT2D eigenvalue weighted by atomic mass is 10.0. The number of carbonyl (C=O) groups excluding carboxylic acids is 2. The molecule has 154 valence electrons. The smallest absolute Gasteiger partial charge is 0.274 e. The fraction of sp³-hybridized carbons (Fsp3) is 0.318. The number of benzene rings is 1. The lowest BCUT2D eigenvalue weighted by Gasteiger charge is -2.36. The van der Waals surface area contributed by atoms with E-state index in [4.69, 9.17) is 11.6 Å². The number of anilines is 2. The van der Waals surface area contributed by atoms with E-state index in [2.05, 4.69) is 21.3 Å². The van der Waals surface area contributed by atoms with Crippen LogP contribution in [0.5, 0.6) is 0 Å². The van der Waals surface area contributed by atoms with Gasteiger partial charge in [0.05, 0.1) is 10.7 Å². The highest BCUT2D eigenvalue weighted by atomic mass is 35.5. The highest BCUT2D eigenvalue weighted by Crippen LogP contribution is 2.35. The summed E-state index contributed by atoms with van der Waals surface area (Å²) in [5, 5.41) is 3.43. The number of hydrogen-bond donors (Lipinski definition) is 1. The van der Waals surface area contributed by atoms with Gasteiger partial charge in [-0.1, -0.05) is 17.7 Å². The zero-order chi connectivity index (χ0) is 20.8. The van der Waals surface area contributed by atoms with Crippen molar-refractivity contribution >= 4 is 40.4 Å². The van der Waals surface area contributed by atoms with Crippen molar-refractivity contribution in [3.05, 3.63) is 58.5 Å². The summed E-state index contributed by atoms with van der Waals surface area (Å²) < 4.78 is 1.94. The Morgan fingerprint density at radius 2 is 1.93 bits per heavy atom. The van der Waals surface area contributed by atoms with Gasteiger partial charge in [0.2, 0.25) is 5.91 Å². The topological polar surface area (TPSA) is 70.0 Å². The molecule has 1 aromatic carbocycles. The van der Waals surface area contributed by atoms with Gasteiger partial charge in [-0.15, -0.1) is 0 Å². The van der Waals surface area contributed by atoms with Gasteiger partial charge in [0.25, 0.3) is 5.91 Å². The predicted octanol–water partition coefficient (Wildman–Crippen LogP) is 3.14. The predicted molar refractivity (Wildman–Crippen MR) is 116 cm³/mol. The maximum absolute atomic E-state index is 13.0. The summed E-state index contributed by atoms with van der Waals surface area (Å²) in [6.07, 6.45) is 2.99. The Morgan fingerprint density at radius 3 is 2.70 bits per heavy atom. The van der Waals surface area contributed by atoms with Crippen LogP contribution in [0.3, 0.4) is 0 Å². The van der Waals surface area contributed by atoms with Crippen LogP contribution in [-0.4, -0.2) is 52.3 Å². The van der Waals surface area contributed by atoms with Crippen molar-refractivity contribution in [2.45, 2.75) is 19.8 Å². The molecule has 0 saturated carbocycles. The van der Waals surface area contributed by atoms with E-state index in [0.717, 1.165) is 41.4 Å². The second-order valence-electron chi connectivity index (χ2n) is 7.81.